The topological polar surface area (TPSA) is 96.0 Å². The highest BCUT2D eigenvalue weighted by molar-refractivity contribution is 6.64. The molecule has 0 spiro atoms. The number of esters is 1. The number of hydrogen-bond acceptors (Lipinski definition) is 6. The third-order valence-corrected chi connectivity index (χ3v) is 6.49. The summed E-state index contributed by atoms with van der Waals surface area (Å²) in [5.74, 6) is -1.45. The zero-order valence-corrected chi connectivity index (χ0v) is 22.9. The number of likely N-dealkylation sites (N-methyl/N-ethyl adjacent to an activating group) is 2. The van der Waals surface area contributed by atoms with Crippen LogP contribution in [0.15, 0.2) is 30.3 Å². The van der Waals surface area contributed by atoms with Crippen molar-refractivity contribution in [2.45, 2.75) is 72.0 Å². The molecule has 1 aromatic carbocycles. The van der Waals surface area contributed by atoms with Crippen molar-refractivity contribution in [2.24, 2.45) is 11.3 Å². The van der Waals surface area contributed by atoms with Crippen LogP contribution in [0.3, 0.4) is 0 Å². The van der Waals surface area contributed by atoms with Crippen molar-refractivity contribution < 1.29 is 23.9 Å². The molecule has 9 heteroatoms. The van der Waals surface area contributed by atoms with E-state index in [9.17, 15) is 19.2 Å². The molecule has 1 N–H and O–H groups in total. The summed E-state index contributed by atoms with van der Waals surface area (Å²) in [6.45, 7) is 13.1. The van der Waals surface area contributed by atoms with Crippen LogP contribution < -0.4 is 5.32 Å². The average molecular weight is 487 g/mol. The standard InChI is InChI=1S/C26H42BN3O5/c1-17(2)19(24(34)35-10)29(8)23(33)20(25(3,4)5)28-22(32)21(30(9)27-16-31)26(6,7)18-14-12-11-13-15-18/h11-17,19-21,27H,1-10H3,(H,28,32)/t19-,20+,21+/m0/s1. The summed E-state index contributed by atoms with van der Waals surface area (Å²) in [5, 5.41) is 2.96. The van der Waals surface area contributed by atoms with E-state index in [1.807, 2.05) is 78.8 Å². The van der Waals surface area contributed by atoms with Gasteiger partial charge in [0.15, 0.2) is 0 Å². The third kappa shape index (κ3) is 7.40. The molecule has 0 fully saturated rings. The van der Waals surface area contributed by atoms with Gasteiger partial charge in [0.2, 0.25) is 11.8 Å². The molecule has 8 nitrogen and oxygen atoms in total. The largest absolute Gasteiger partial charge is 0.467 e. The number of rotatable bonds is 11. The van der Waals surface area contributed by atoms with Gasteiger partial charge in [-0.15, -0.1) is 0 Å². The highest BCUT2D eigenvalue weighted by atomic mass is 16.5. The number of ether oxygens (including phenoxy) is 1. The SMILES string of the molecule is COC(=O)[C@H](C(C)C)N(C)C(=O)[C@@H](NC(=O)[C@@H](N(C)BC=O)C(C)(C)c1ccccc1)C(C)(C)C. The molecule has 1 rings (SSSR count). The number of methoxy groups -OCH3 is 1. The van der Waals surface area contributed by atoms with Crippen LogP contribution in [0, 0.1) is 11.3 Å². The van der Waals surface area contributed by atoms with Gasteiger partial charge in [0.1, 0.15) is 12.1 Å². The molecular weight excluding hydrogens is 445 g/mol. The van der Waals surface area contributed by atoms with Crippen LogP contribution in [-0.2, 0) is 29.3 Å². The Balaban J connectivity index is 3.42. The van der Waals surface area contributed by atoms with Crippen molar-refractivity contribution in [2.75, 3.05) is 21.2 Å². The second kappa shape index (κ2) is 12.3. The number of nitrogens with one attached hydrogen (secondary N) is 1. The van der Waals surface area contributed by atoms with Crippen molar-refractivity contribution in [3.05, 3.63) is 35.9 Å². The van der Waals surface area contributed by atoms with Crippen LogP contribution >= 0.6 is 0 Å². The predicted molar refractivity (Wildman–Crippen MR) is 140 cm³/mol. The summed E-state index contributed by atoms with van der Waals surface area (Å²) >= 11 is 0. The van der Waals surface area contributed by atoms with Crippen molar-refractivity contribution in [3.63, 3.8) is 0 Å². The van der Waals surface area contributed by atoms with Gasteiger partial charge in [0.25, 0.3) is 7.41 Å². The summed E-state index contributed by atoms with van der Waals surface area (Å²) in [4.78, 5) is 54.3. The monoisotopic (exact) mass is 487 g/mol. The van der Waals surface area contributed by atoms with E-state index in [-0.39, 0.29) is 25.1 Å². The van der Waals surface area contributed by atoms with Gasteiger partial charge in [-0.1, -0.05) is 78.8 Å². The molecule has 1 aromatic rings. The van der Waals surface area contributed by atoms with Crippen LogP contribution in [0.4, 0.5) is 0 Å². The minimum Gasteiger partial charge on any atom is -0.467 e. The van der Waals surface area contributed by atoms with Crippen molar-refractivity contribution in [1.82, 2.24) is 15.0 Å². The quantitative estimate of drug-likeness (QED) is 0.292. The van der Waals surface area contributed by atoms with E-state index in [0.717, 1.165) is 11.7 Å². The van der Waals surface area contributed by atoms with E-state index < -0.39 is 34.9 Å². The fourth-order valence-electron chi connectivity index (χ4n) is 4.54. The van der Waals surface area contributed by atoms with Gasteiger partial charge >= 0.3 is 5.97 Å². The fourth-order valence-corrected chi connectivity index (χ4v) is 4.54. The minimum atomic E-state index is -0.912. The molecule has 0 radical (unpaired) electrons. The van der Waals surface area contributed by atoms with Gasteiger partial charge < -0.3 is 24.6 Å². The molecule has 35 heavy (non-hydrogen) atoms. The fraction of sp³-hybridized carbons (Fsp3) is 0.615. The van der Waals surface area contributed by atoms with Crippen molar-refractivity contribution >= 4 is 31.4 Å². The molecule has 0 aliphatic carbocycles. The molecule has 3 atom stereocenters. The van der Waals surface area contributed by atoms with Gasteiger partial charge in [-0.25, -0.2) is 4.79 Å². The average Bonchev–Trinajstić information content (AvgIpc) is 2.76. The maximum absolute atomic E-state index is 13.8. The molecule has 0 saturated carbocycles. The molecule has 0 heterocycles. The smallest absolute Gasteiger partial charge is 0.328 e. The molecule has 0 aromatic heterocycles. The molecule has 0 unspecified atom stereocenters. The lowest BCUT2D eigenvalue weighted by Crippen LogP contribution is -2.63. The van der Waals surface area contributed by atoms with E-state index in [0.29, 0.717) is 0 Å². The Hall–Kier alpha value is -2.68. The normalized spacial score (nSPS) is 14.6. The predicted octanol–water partition coefficient (Wildman–Crippen LogP) is 1.99. The lowest BCUT2D eigenvalue weighted by atomic mass is 9.73. The van der Waals surface area contributed by atoms with Gasteiger partial charge in [-0.3, -0.25) is 9.59 Å². The second-order valence-electron chi connectivity index (χ2n) is 11.1. The first-order valence-electron chi connectivity index (χ1n) is 12.0. The number of nitrogens with zero attached hydrogens (tertiary/aromatic N) is 2. The Kier molecular flexibility index (Phi) is 10.7. The maximum atomic E-state index is 13.8. The first-order valence-corrected chi connectivity index (χ1v) is 12.0. The Labute approximate surface area is 211 Å². The second-order valence-corrected chi connectivity index (χ2v) is 11.1. The van der Waals surface area contributed by atoms with Crippen LogP contribution in [-0.4, -0.2) is 80.4 Å². The lowest BCUT2D eigenvalue weighted by molar-refractivity contribution is -0.155. The summed E-state index contributed by atoms with van der Waals surface area (Å²) in [6, 6.07) is 7.16. The first kappa shape index (κ1) is 30.4. The van der Waals surface area contributed by atoms with Crippen molar-refractivity contribution in [1.29, 1.82) is 0 Å². The first-order chi connectivity index (χ1) is 16.1. The van der Waals surface area contributed by atoms with E-state index >= 15 is 0 Å². The number of carbonyl (C=O) groups is 4. The van der Waals surface area contributed by atoms with Crippen molar-refractivity contribution in [3.8, 4) is 0 Å². The van der Waals surface area contributed by atoms with Gasteiger partial charge in [0.05, 0.1) is 19.3 Å². The zero-order valence-electron chi connectivity index (χ0n) is 22.9. The zero-order chi connectivity index (χ0) is 27.1. The minimum absolute atomic E-state index is 0.0557. The van der Waals surface area contributed by atoms with Gasteiger partial charge in [0, 0.05) is 12.5 Å². The molecule has 0 saturated heterocycles. The molecule has 0 bridgehead atoms. The maximum Gasteiger partial charge on any atom is 0.328 e. The summed E-state index contributed by atoms with van der Waals surface area (Å²) in [7, 11) is 4.62. The van der Waals surface area contributed by atoms with E-state index in [1.165, 1.54) is 12.0 Å². The summed E-state index contributed by atoms with van der Waals surface area (Å²) < 4.78 is 4.92. The highest BCUT2D eigenvalue weighted by Gasteiger charge is 2.44. The van der Waals surface area contributed by atoms with Crippen LogP contribution in [0.2, 0.25) is 0 Å². The Bertz CT molecular complexity index is 883. The lowest BCUT2D eigenvalue weighted by Gasteiger charge is -2.42. The summed E-state index contributed by atoms with van der Waals surface area (Å²) in [5.41, 5.74) is -0.393. The number of amides is 2. The number of carbonyl (C=O) groups excluding carboxylic acids is 4. The Morgan fingerprint density at radius 3 is 2.00 bits per heavy atom. The molecule has 0 aliphatic rings. The van der Waals surface area contributed by atoms with Crippen LogP contribution in [0.25, 0.3) is 0 Å². The molecule has 0 aliphatic heterocycles. The Morgan fingerprint density at radius 2 is 1.57 bits per heavy atom. The van der Waals surface area contributed by atoms with E-state index in [2.05, 4.69) is 5.32 Å². The third-order valence-electron chi connectivity index (χ3n) is 6.49. The Morgan fingerprint density at radius 1 is 1.03 bits per heavy atom. The molecule has 2 amide bonds. The van der Waals surface area contributed by atoms with Gasteiger partial charge in [-0.05, 0) is 23.9 Å². The molecular formula is C26H42BN3O5. The number of benzene rings is 1. The van der Waals surface area contributed by atoms with Crippen LogP contribution in [0.1, 0.15) is 54.0 Å². The van der Waals surface area contributed by atoms with E-state index in [4.69, 9.17) is 4.74 Å². The van der Waals surface area contributed by atoms with E-state index in [1.54, 1.807) is 18.9 Å². The summed E-state index contributed by atoms with van der Waals surface area (Å²) in [6.07, 6.45) is 0.755. The van der Waals surface area contributed by atoms with Gasteiger partial charge in [-0.2, -0.15) is 0 Å². The number of hydrogen-bond donors (Lipinski definition) is 1. The molecule has 194 valence electrons. The van der Waals surface area contributed by atoms with Crippen LogP contribution in [0.5, 0.6) is 0 Å². The highest BCUT2D eigenvalue weighted by Crippen LogP contribution is 2.31.